The van der Waals surface area contributed by atoms with Crippen molar-refractivity contribution in [1.29, 1.82) is 0 Å². The normalized spacial score (nSPS) is 15.4. The van der Waals surface area contributed by atoms with E-state index in [1.165, 1.54) is 36.6 Å². The van der Waals surface area contributed by atoms with Crippen LogP contribution in [0.1, 0.15) is 31.9 Å². The van der Waals surface area contributed by atoms with Crippen LogP contribution in [-0.4, -0.2) is 25.1 Å². The standard InChI is InChI=1S/C12H21N3S/c1-3-6-13-7-11-9-16-12(14-11)15(2)8-10-4-5-10/h9-10,13H,3-8H2,1-2H3. The molecule has 90 valence electrons. The first kappa shape index (κ1) is 11.9. The number of nitrogens with one attached hydrogen (secondary N) is 1. The van der Waals surface area contributed by atoms with E-state index in [1.807, 2.05) is 0 Å². The summed E-state index contributed by atoms with van der Waals surface area (Å²) < 4.78 is 0. The molecule has 4 heteroatoms. The smallest absolute Gasteiger partial charge is 0.185 e. The van der Waals surface area contributed by atoms with Crippen molar-refractivity contribution in [2.24, 2.45) is 5.92 Å². The summed E-state index contributed by atoms with van der Waals surface area (Å²) >= 11 is 1.76. The van der Waals surface area contributed by atoms with Crippen LogP contribution in [-0.2, 0) is 6.54 Å². The van der Waals surface area contributed by atoms with E-state index in [2.05, 4.69) is 34.6 Å². The molecule has 1 saturated carbocycles. The molecule has 1 aromatic heterocycles. The van der Waals surface area contributed by atoms with Gasteiger partial charge >= 0.3 is 0 Å². The Morgan fingerprint density at radius 3 is 3.06 bits per heavy atom. The predicted molar refractivity (Wildman–Crippen MR) is 70.1 cm³/mol. The Labute approximate surface area is 102 Å². The van der Waals surface area contributed by atoms with Crippen LogP contribution in [0.3, 0.4) is 0 Å². The molecule has 1 heterocycles. The molecule has 0 saturated heterocycles. The van der Waals surface area contributed by atoms with Gasteiger partial charge in [0, 0.05) is 25.5 Å². The number of rotatable bonds is 7. The molecule has 1 fully saturated rings. The maximum absolute atomic E-state index is 4.64. The van der Waals surface area contributed by atoms with Crippen LogP contribution in [0.5, 0.6) is 0 Å². The van der Waals surface area contributed by atoms with E-state index in [0.29, 0.717) is 0 Å². The molecule has 0 aromatic carbocycles. The molecule has 2 rings (SSSR count). The first-order valence-corrected chi connectivity index (χ1v) is 7.03. The highest BCUT2D eigenvalue weighted by atomic mass is 32.1. The quantitative estimate of drug-likeness (QED) is 0.741. The van der Waals surface area contributed by atoms with Crippen LogP contribution in [0.2, 0.25) is 0 Å². The van der Waals surface area contributed by atoms with Gasteiger partial charge in [-0.05, 0) is 31.7 Å². The van der Waals surface area contributed by atoms with Gasteiger partial charge in [-0.3, -0.25) is 0 Å². The second-order valence-electron chi connectivity index (χ2n) is 4.62. The molecule has 1 aliphatic rings. The SMILES string of the molecule is CCCNCc1csc(N(C)CC2CC2)n1. The maximum atomic E-state index is 4.64. The van der Waals surface area contributed by atoms with E-state index >= 15 is 0 Å². The molecule has 0 unspecified atom stereocenters. The third kappa shape index (κ3) is 3.46. The summed E-state index contributed by atoms with van der Waals surface area (Å²) in [6.07, 6.45) is 3.99. The van der Waals surface area contributed by atoms with Gasteiger partial charge in [-0.2, -0.15) is 0 Å². The summed E-state index contributed by atoms with van der Waals surface area (Å²) in [6, 6.07) is 0. The number of aromatic nitrogens is 1. The van der Waals surface area contributed by atoms with Crippen LogP contribution in [0.15, 0.2) is 5.38 Å². The molecule has 1 aromatic rings. The van der Waals surface area contributed by atoms with Gasteiger partial charge in [0.2, 0.25) is 0 Å². The molecule has 0 radical (unpaired) electrons. The predicted octanol–water partition coefficient (Wildman–Crippen LogP) is 2.49. The molecular weight excluding hydrogens is 218 g/mol. The van der Waals surface area contributed by atoms with Crippen LogP contribution in [0.25, 0.3) is 0 Å². The highest BCUT2D eigenvalue weighted by Crippen LogP contribution is 2.31. The Morgan fingerprint density at radius 2 is 2.38 bits per heavy atom. The summed E-state index contributed by atoms with van der Waals surface area (Å²) in [5.74, 6) is 0.926. The summed E-state index contributed by atoms with van der Waals surface area (Å²) in [6.45, 7) is 5.34. The van der Waals surface area contributed by atoms with Gasteiger partial charge < -0.3 is 10.2 Å². The van der Waals surface area contributed by atoms with E-state index in [4.69, 9.17) is 0 Å². The van der Waals surface area contributed by atoms with E-state index in [1.54, 1.807) is 11.3 Å². The minimum atomic E-state index is 0.904. The van der Waals surface area contributed by atoms with Crippen LogP contribution in [0, 0.1) is 5.92 Å². The average Bonchev–Trinajstić information content (AvgIpc) is 2.95. The Bertz CT molecular complexity index is 320. The lowest BCUT2D eigenvalue weighted by molar-refractivity contribution is 0.665. The summed E-state index contributed by atoms with van der Waals surface area (Å²) in [7, 11) is 2.15. The molecular formula is C12H21N3S. The van der Waals surface area contributed by atoms with Gasteiger partial charge in [-0.1, -0.05) is 6.92 Å². The molecule has 16 heavy (non-hydrogen) atoms. The first-order chi connectivity index (χ1) is 7.79. The summed E-state index contributed by atoms with van der Waals surface area (Å²) in [5, 5.41) is 6.72. The minimum Gasteiger partial charge on any atom is -0.351 e. The van der Waals surface area contributed by atoms with Crippen molar-refractivity contribution < 1.29 is 0 Å². The van der Waals surface area contributed by atoms with Gasteiger partial charge in [-0.15, -0.1) is 11.3 Å². The minimum absolute atomic E-state index is 0.904. The van der Waals surface area contributed by atoms with Gasteiger partial charge in [0.1, 0.15) is 0 Å². The number of hydrogen-bond acceptors (Lipinski definition) is 4. The number of thiazole rings is 1. The Balaban J connectivity index is 1.80. The van der Waals surface area contributed by atoms with Crippen molar-refractivity contribution >= 4 is 16.5 Å². The molecule has 3 nitrogen and oxygen atoms in total. The number of anilines is 1. The van der Waals surface area contributed by atoms with E-state index in [-0.39, 0.29) is 0 Å². The number of nitrogens with zero attached hydrogens (tertiary/aromatic N) is 2. The van der Waals surface area contributed by atoms with Crippen molar-refractivity contribution in [3.8, 4) is 0 Å². The Morgan fingerprint density at radius 1 is 1.56 bits per heavy atom. The third-order valence-corrected chi connectivity index (χ3v) is 3.83. The van der Waals surface area contributed by atoms with Gasteiger partial charge in [0.25, 0.3) is 0 Å². The zero-order chi connectivity index (χ0) is 11.4. The fourth-order valence-corrected chi connectivity index (χ4v) is 2.51. The lowest BCUT2D eigenvalue weighted by Gasteiger charge is -2.14. The van der Waals surface area contributed by atoms with Crippen molar-refractivity contribution in [2.45, 2.75) is 32.7 Å². The van der Waals surface area contributed by atoms with Crippen LogP contribution in [0.4, 0.5) is 5.13 Å². The average molecular weight is 239 g/mol. The molecule has 0 bridgehead atoms. The molecule has 1 aliphatic carbocycles. The Hall–Kier alpha value is -0.610. The van der Waals surface area contributed by atoms with Gasteiger partial charge in [0.15, 0.2) is 5.13 Å². The molecule has 0 atom stereocenters. The fourth-order valence-electron chi connectivity index (χ4n) is 1.71. The number of hydrogen-bond donors (Lipinski definition) is 1. The zero-order valence-electron chi connectivity index (χ0n) is 10.2. The van der Waals surface area contributed by atoms with Crippen molar-refractivity contribution in [3.05, 3.63) is 11.1 Å². The second-order valence-corrected chi connectivity index (χ2v) is 5.46. The topological polar surface area (TPSA) is 28.2 Å². The Kier molecular flexibility index (Phi) is 4.18. The highest BCUT2D eigenvalue weighted by Gasteiger charge is 2.23. The van der Waals surface area contributed by atoms with E-state index < -0.39 is 0 Å². The lowest BCUT2D eigenvalue weighted by atomic mass is 10.4. The third-order valence-electron chi connectivity index (χ3n) is 2.83. The van der Waals surface area contributed by atoms with Gasteiger partial charge in [-0.25, -0.2) is 4.98 Å². The molecule has 1 N–H and O–H groups in total. The maximum Gasteiger partial charge on any atom is 0.185 e. The zero-order valence-corrected chi connectivity index (χ0v) is 11.0. The lowest BCUT2D eigenvalue weighted by Crippen LogP contribution is -2.20. The molecule has 0 spiro atoms. The van der Waals surface area contributed by atoms with Crippen LogP contribution >= 0.6 is 11.3 Å². The first-order valence-electron chi connectivity index (χ1n) is 6.16. The summed E-state index contributed by atoms with van der Waals surface area (Å²) in [5.41, 5.74) is 1.18. The summed E-state index contributed by atoms with van der Waals surface area (Å²) in [4.78, 5) is 6.94. The van der Waals surface area contributed by atoms with E-state index in [9.17, 15) is 0 Å². The van der Waals surface area contributed by atoms with Gasteiger partial charge in [0.05, 0.1) is 5.69 Å². The fraction of sp³-hybridized carbons (Fsp3) is 0.750. The van der Waals surface area contributed by atoms with Crippen molar-refractivity contribution in [3.63, 3.8) is 0 Å². The largest absolute Gasteiger partial charge is 0.351 e. The van der Waals surface area contributed by atoms with E-state index in [0.717, 1.165) is 19.0 Å². The monoisotopic (exact) mass is 239 g/mol. The van der Waals surface area contributed by atoms with Crippen LogP contribution < -0.4 is 10.2 Å². The highest BCUT2D eigenvalue weighted by molar-refractivity contribution is 7.13. The second kappa shape index (κ2) is 5.64. The van der Waals surface area contributed by atoms with Crippen molar-refractivity contribution in [1.82, 2.24) is 10.3 Å². The molecule has 0 aliphatic heterocycles. The molecule has 0 amide bonds. The van der Waals surface area contributed by atoms with Crippen molar-refractivity contribution in [2.75, 3.05) is 25.0 Å².